The molecule has 108 valence electrons. The third-order valence-electron chi connectivity index (χ3n) is 4.31. The molecule has 0 radical (unpaired) electrons. The molecule has 0 aromatic heterocycles. The second kappa shape index (κ2) is 6.35. The normalized spacial score (nSPS) is 16.9. The lowest BCUT2D eigenvalue weighted by Gasteiger charge is -2.26. The van der Waals surface area contributed by atoms with Crippen molar-refractivity contribution in [2.75, 3.05) is 5.32 Å². The van der Waals surface area contributed by atoms with Gasteiger partial charge in [-0.2, -0.15) is 0 Å². The quantitative estimate of drug-likeness (QED) is 0.817. The van der Waals surface area contributed by atoms with Gasteiger partial charge in [-0.15, -0.1) is 0 Å². The summed E-state index contributed by atoms with van der Waals surface area (Å²) in [6, 6.07) is 7.76. The molecule has 1 amide bonds. The standard InChI is InChI=1S/C16H22N2OS/c1-2-16(9-3-4-10-16)15(19)18-13-7-5-12(6-8-13)11-14(17)20/h5-8H,2-4,9-11H2,1H3,(H2,17,20)(H,18,19). The Morgan fingerprint density at radius 1 is 1.30 bits per heavy atom. The van der Waals surface area contributed by atoms with Gasteiger partial charge in [0.15, 0.2) is 0 Å². The summed E-state index contributed by atoms with van der Waals surface area (Å²) < 4.78 is 0. The lowest BCUT2D eigenvalue weighted by atomic mass is 9.82. The third-order valence-corrected chi connectivity index (χ3v) is 4.45. The summed E-state index contributed by atoms with van der Waals surface area (Å²) in [4.78, 5) is 13.0. The topological polar surface area (TPSA) is 55.1 Å². The Hall–Kier alpha value is -1.42. The zero-order chi connectivity index (χ0) is 14.6. The first-order chi connectivity index (χ1) is 9.55. The van der Waals surface area contributed by atoms with Crippen LogP contribution in [-0.2, 0) is 11.2 Å². The summed E-state index contributed by atoms with van der Waals surface area (Å²) in [7, 11) is 0. The molecule has 0 bridgehead atoms. The van der Waals surface area contributed by atoms with Crippen molar-refractivity contribution < 1.29 is 4.79 Å². The number of carbonyl (C=O) groups excluding carboxylic acids is 1. The highest BCUT2D eigenvalue weighted by Gasteiger charge is 2.39. The molecular weight excluding hydrogens is 268 g/mol. The number of amides is 1. The molecule has 0 aliphatic heterocycles. The molecule has 1 fully saturated rings. The highest BCUT2D eigenvalue weighted by Crippen LogP contribution is 2.41. The number of rotatable bonds is 5. The van der Waals surface area contributed by atoms with E-state index in [1.165, 1.54) is 0 Å². The van der Waals surface area contributed by atoms with Crippen molar-refractivity contribution in [2.45, 2.75) is 45.4 Å². The fourth-order valence-electron chi connectivity index (χ4n) is 2.96. The maximum atomic E-state index is 12.5. The van der Waals surface area contributed by atoms with E-state index in [0.29, 0.717) is 11.4 Å². The maximum absolute atomic E-state index is 12.5. The van der Waals surface area contributed by atoms with Crippen LogP contribution in [0.15, 0.2) is 24.3 Å². The van der Waals surface area contributed by atoms with Gasteiger partial charge in [0.05, 0.1) is 4.99 Å². The number of hydrogen-bond acceptors (Lipinski definition) is 2. The van der Waals surface area contributed by atoms with Crippen LogP contribution in [0.5, 0.6) is 0 Å². The van der Waals surface area contributed by atoms with Gasteiger partial charge < -0.3 is 11.1 Å². The predicted octanol–water partition coefficient (Wildman–Crippen LogP) is 3.42. The van der Waals surface area contributed by atoms with E-state index in [0.717, 1.165) is 43.4 Å². The van der Waals surface area contributed by atoms with Gasteiger partial charge in [0.1, 0.15) is 0 Å². The van der Waals surface area contributed by atoms with Crippen LogP contribution < -0.4 is 11.1 Å². The van der Waals surface area contributed by atoms with Gasteiger partial charge in [0.2, 0.25) is 5.91 Å². The van der Waals surface area contributed by atoms with E-state index in [9.17, 15) is 4.79 Å². The number of hydrogen-bond donors (Lipinski definition) is 2. The average molecular weight is 290 g/mol. The van der Waals surface area contributed by atoms with Crippen LogP contribution >= 0.6 is 12.2 Å². The Labute approximate surface area is 125 Å². The van der Waals surface area contributed by atoms with Gasteiger partial charge in [-0.1, -0.05) is 44.1 Å². The molecule has 20 heavy (non-hydrogen) atoms. The molecule has 0 atom stereocenters. The Kier molecular flexibility index (Phi) is 4.76. The van der Waals surface area contributed by atoms with E-state index in [-0.39, 0.29) is 11.3 Å². The maximum Gasteiger partial charge on any atom is 0.230 e. The summed E-state index contributed by atoms with van der Waals surface area (Å²) in [5.74, 6) is 0.166. The summed E-state index contributed by atoms with van der Waals surface area (Å²) >= 11 is 4.89. The number of benzene rings is 1. The summed E-state index contributed by atoms with van der Waals surface area (Å²) in [6.07, 6.45) is 5.85. The fourth-order valence-corrected chi connectivity index (χ4v) is 3.13. The van der Waals surface area contributed by atoms with Crippen LogP contribution in [0.2, 0.25) is 0 Å². The molecule has 1 aliphatic rings. The van der Waals surface area contributed by atoms with Crippen molar-refractivity contribution in [1.29, 1.82) is 0 Å². The molecule has 2 rings (SSSR count). The largest absolute Gasteiger partial charge is 0.393 e. The SMILES string of the molecule is CCC1(C(=O)Nc2ccc(CC(N)=S)cc2)CCCC1. The minimum Gasteiger partial charge on any atom is -0.393 e. The number of anilines is 1. The molecule has 0 spiro atoms. The van der Waals surface area contributed by atoms with Crippen LogP contribution in [0.3, 0.4) is 0 Å². The molecule has 1 aromatic carbocycles. The Balaban J connectivity index is 2.02. The highest BCUT2D eigenvalue weighted by atomic mass is 32.1. The van der Waals surface area contributed by atoms with E-state index in [4.69, 9.17) is 18.0 Å². The second-order valence-electron chi connectivity index (χ2n) is 5.64. The predicted molar refractivity (Wildman–Crippen MR) is 86.8 cm³/mol. The molecule has 1 aliphatic carbocycles. The van der Waals surface area contributed by atoms with E-state index in [2.05, 4.69) is 12.2 Å². The average Bonchev–Trinajstić information content (AvgIpc) is 2.90. The van der Waals surface area contributed by atoms with Crippen LogP contribution in [-0.4, -0.2) is 10.9 Å². The zero-order valence-corrected chi connectivity index (χ0v) is 12.8. The van der Waals surface area contributed by atoms with Gasteiger partial charge in [-0.25, -0.2) is 0 Å². The van der Waals surface area contributed by atoms with Gasteiger partial charge >= 0.3 is 0 Å². The van der Waals surface area contributed by atoms with Crippen molar-refractivity contribution >= 4 is 28.8 Å². The number of nitrogens with two attached hydrogens (primary N) is 1. The molecule has 0 unspecified atom stereocenters. The minimum atomic E-state index is -0.155. The second-order valence-corrected chi connectivity index (χ2v) is 6.16. The lowest BCUT2D eigenvalue weighted by molar-refractivity contribution is -0.125. The van der Waals surface area contributed by atoms with E-state index < -0.39 is 0 Å². The molecule has 0 saturated heterocycles. The van der Waals surface area contributed by atoms with E-state index >= 15 is 0 Å². The lowest BCUT2D eigenvalue weighted by Crippen LogP contribution is -2.33. The molecule has 1 aromatic rings. The Bertz CT molecular complexity index is 490. The van der Waals surface area contributed by atoms with E-state index in [1.807, 2.05) is 24.3 Å². The van der Waals surface area contributed by atoms with E-state index in [1.54, 1.807) is 0 Å². The number of carbonyl (C=O) groups is 1. The van der Waals surface area contributed by atoms with Crippen molar-refractivity contribution in [3.8, 4) is 0 Å². The van der Waals surface area contributed by atoms with Crippen LogP contribution in [0, 0.1) is 5.41 Å². The Morgan fingerprint density at radius 2 is 1.90 bits per heavy atom. The van der Waals surface area contributed by atoms with Crippen molar-refractivity contribution in [3.05, 3.63) is 29.8 Å². The number of nitrogens with one attached hydrogen (secondary N) is 1. The molecule has 1 saturated carbocycles. The summed E-state index contributed by atoms with van der Waals surface area (Å²) in [5, 5.41) is 3.05. The first-order valence-electron chi connectivity index (χ1n) is 7.24. The highest BCUT2D eigenvalue weighted by molar-refractivity contribution is 7.80. The zero-order valence-electron chi connectivity index (χ0n) is 11.9. The van der Waals surface area contributed by atoms with Crippen molar-refractivity contribution in [3.63, 3.8) is 0 Å². The van der Waals surface area contributed by atoms with Crippen molar-refractivity contribution in [1.82, 2.24) is 0 Å². The third kappa shape index (κ3) is 3.37. The molecular formula is C16H22N2OS. The first-order valence-corrected chi connectivity index (χ1v) is 7.65. The van der Waals surface area contributed by atoms with Gasteiger partial charge in [-0.3, -0.25) is 4.79 Å². The van der Waals surface area contributed by atoms with Gasteiger partial charge in [0.25, 0.3) is 0 Å². The molecule has 0 heterocycles. The monoisotopic (exact) mass is 290 g/mol. The minimum absolute atomic E-state index is 0.155. The van der Waals surface area contributed by atoms with Gasteiger partial charge in [-0.05, 0) is 37.0 Å². The van der Waals surface area contributed by atoms with Crippen LogP contribution in [0.1, 0.15) is 44.6 Å². The van der Waals surface area contributed by atoms with Crippen molar-refractivity contribution in [2.24, 2.45) is 11.1 Å². The molecule has 3 N–H and O–H groups in total. The molecule has 4 heteroatoms. The van der Waals surface area contributed by atoms with Crippen LogP contribution in [0.4, 0.5) is 5.69 Å². The van der Waals surface area contributed by atoms with Crippen LogP contribution in [0.25, 0.3) is 0 Å². The molecule has 3 nitrogen and oxygen atoms in total. The first kappa shape index (κ1) is 15.0. The Morgan fingerprint density at radius 3 is 2.40 bits per heavy atom. The number of thiocarbonyl (C=S) groups is 1. The smallest absolute Gasteiger partial charge is 0.230 e. The fraction of sp³-hybridized carbons (Fsp3) is 0.500. The summed E-state index contributed by atoms with van der Waals surface area (Å²) in [5.41, 5.74) is 7.29. The summed E-state index contributed by atoms with van der Waals surface area (Å²) in [6.45, 7) is 2.11. The van der Waals surface area contributed by atoms with Gasteiger partial charge in [0, 0.05) is 17.5 Å².